The normalized spacial score (nSPS) is 11.3. The monoisotopic (exact) mass is 186 g/mol. The van der Waals surface area contributed by atoms with Crippen LogP contribution in [-0.4, -0.2) is 26.1 Å². The van der Waals surface area contributed by atoms with Gasteiger partial charge in [0.2, 0.25) is 15.9 Å². The summed E-state index contributed by atoms with van der Waals surface area (Å²) in [5.74, 6) is -0.742. The molecule has 0 aliphatic rings. The van der Waals surface area contributed by atoms with E-state index in [-0.39, 0.29) is 0 Å². The van der Waals surface area contributed by atoms with E-state index in [1.807, 2.05) is 4.72 Å². The zero-order chi connectivity index (χ0) is 8.20. The summed E-state index contributed by atoms with van der Waals surface area (Å²) in [6.07, 6.45) is 0. The van der Waals surface area contributed by atoms with Gasteiger partial charge in [0.05, 0.1) is 6.54 Å². The maximum absolute atomic E-state index is 10.5. The molecule has 1 amide bonds. The number of hydrogen-bond donors (Lipinski definition) is 2. The number of alkyl halides is 1. The molecule has 0 aliphatic carbocycles. The highest BCUT2D eigenvalue weighted by atomic mass is 35.5. The van der Waals surface area contributed by atoms with Crippen molar-refractivity contribution in [2.24, 2.45) is 5.73 Å². The van der Waals surface area contributed by atoms with Crippen LogP contribution in [0.2, 0.25) is 0 Å². The van der Waals surface area contributed by atoms with E-state index in [9.17, 15) is 13.2 Å². The van der Waals surface area contributed by atoms with Gasteiger partial charge in [0.1, 0.15) is 5.21 Å². The molecule has 0 saturated heterocycles. The zero-order valence-corrected chi connectivity index (χ0v) is 6.57. The molecule has 0 aliphatic heterocycles. The summed E-state index contributed by atoms with van der Waals surface area (Å²) in [6.45, 7) is -0.408. The molecule has 0 aromatic carbocycles. The van der Waals surface area contributed by atoms with E-state index < -0.39 is 27.7 Å². The van der Waals surface area contributed by atoms with Crippen molar-refractivity contribution in [2.75, 3.05) is 11.8 Å². The third kappa shape index (κ3) is 4.54. The first-order valence-electron chi connectivity index (χ1n) is 2.29. The van der Waals surface area contributed by atoms with E-state index in [0.29, 0.717) is 0 Å². The smallest absolute Gasteiger partial charge is 0.232 e. The number of hydrogen-bond acceptors (Lipinski definition) is 3. The molecular formula is C3H7ClN2O3S. The van der Waals surface area contributed by atoms with Crippen molar-refractivity contribution in [2.45, 2.75) is 0 Å². The van der Waals surface area contributed by atoms with Crippen molar-refractivity contribution in [3.05, 3.63) is 0 Å². The minimum Gasteiger partial charge on any atom is -0.369 e. The fraction of sp³-hybridized carbons (Fsp3) is 0.667. The van der Waals surface area contributed by atoms with Crippen LogP contribution in [-0.2, 0) is 14.8 Å². The lowest BCUT2D eigenvalue weighted by Crippen LogP contribution is -2.33. The fourth-order valence-electron chi connectivity index (χ4n) is 0.220. The third-order valence-electron chi connectivity index (χ3n) is 0.610. The van der Waals surface area contributed by atoms with Gasteiger partial charge < -0.3 is 5.73 Å². The number of rotatable bonds is 4. The van der Waals surface area contributed by atoms with Crippen LogP contribution in [0.4, 0.5) is 0 Å². The molecule has 0 unspecified atom stereocenters. The number of carbonyl (C=O) groups is 1. The summed E-state index contributed by atoms with van der Waals surface area (Å²) >= 11 is 4.97. The van der Waals surface area contributed by atoms with Gasteiger partial charge in [-0.05, 0) is 0 Å². The van der Waals surface area contributed by atoms with Crippen molar-refractivity contribution in [1.29, 1.82) is 0 Å². The second kappa shape index (κ2) is 3.75. The molecule has 0 radical (unpaired) electrons. The highest BCUT2D eigenvalue weighted by Gasteiger charge is 2.07. The van der Waals surface area contributed by atoms with E-state index in [4.69, 9.17) is 11.6 Å². The maximum atomic E-state index is 10.5. The van der Waals surface area contributed by atoms with Crippen LogP contribution in [0.1, 0.15) is 0 Å². The molecule has 7 heteroatoms. The second-order valence-electron chi connectivity index (χ2n) is 1.51. The van der Waals surface area contributed by atoms with Crippen LogP contribution >= 0.6 is 11.6 Å². The van der Waals surface area contributed by atoms with Gasteiger partial charge in [-0.2, -0.15) is 0 Å². The Bertz CT molecular complexity index is 212. The predicted octanol–water partition coefficient (Wildman–Crippen LogP) is -1.41. The highest BCUT2D eigenvalue weighted by Crippen LogP contribution is 1.85. The average molecular weight is 187 g/mol. The molecule has 0 spiro atoms. The van der Waals surface area contributed by atoms with Crippen molar-refractivity contribution in [3.8, 4) is 0 Å². The quantitative estimate of drug-likeness (QED) is 0.529. The molecule has 0 aromatic heterocycles. The number of nitrogens with two attached hydrogens (primary N) is 1. The fourth-order valence-corrected chi connectivity index (χ4v) is 0.890. The lowest BCUT2D eigenvalue weighted by Gasteiger charge is -1.98. The Morgan fingerprint density at radius 3 is 2.40 bits per heavy atom. The molecule has 0 atom stereocenters. The van der Waals surface area contributed by atoms with Crippen LogP contribution in [0.5, 0.6) is 0 Å². The maximum Gasteiger partial charge on any atom is 0.232 e. The number of amides is 1. The van der Waals surface area contributed by atoms with Gasteiger partial charge in [0.25, 0.3) is 0 Å². The molecule has 0 aromatic rings. The molecular weight excluding hydrogens is 180 g/mol. The topological polar surface area (TPSA) is 89.3 Å². The first kappa shape index (κ1) is 9.67. The van der Waals surface area contributed by atoms with Crippen molar-refractivity contribution < 1.29 is 13.2 Å². The lowest BCUT2D eigenvalue weighted by molar-refractivity contribution is -0.116. The lowest BCUT2D eigenvalue weighted by atomic mass is 10.7. The van der Waals surface area contributed by atoms with Crippen molar-refractivity contribution in [3.63, 3.8) is 0 Å². The van der Waals surface area contributed by atoms with Crippen LogP contribution in [0.25, 0.3) is 0 Å². The number of primary amides is 1. The summed E-state index contributed by atoms with van der Waals surface area (Å²) in [4.78, 5) is 10.0. The van der Waals surface area contributed by atoms with Crippen LogP contribution < -0.4 is 10.5 Å². The molecule has 0 saturated carbocycles. The Morgan fingerprint density at radius 1 is 1.60 bits per heavy atom. The summed E-state index contributed by atoms with van der Waals surface area (Å²) in [6, 6.07) is 0. The molecule has 0 fully saturated rings. The van der Waals surface area contributed by atoms with Gasteiger partial charge in [-0.1, -0.05) is 0 Å². The molecule has 10 heavy (non-hydrogen) atoms. The van der Waals surface area contributed by atoms with Gasteiger partial charge in [-0.3, -0.25) is 4.79 Å². The molecule has 3 N–H and O–H groups in total. The Morgan fingerprint density at radius 2 is 2.10 bits per heavy atom. The van der Waals surface area contributed by atoms with Crippen molar-refractivity contribution in [1.82, 2.24) is 4.72 Å². The van der Waals surface area contributed by atoms with E-state index in [1.165, 1.54) is 0 Å². The highest BCUT2D eigenvalue weighted by molar-refractivity contribution is 7.90. The molecule has 0 rings (SSSR count). The number of carbonyl (C=O) groups excluding carboxylic acids is 1. The van der Waals surface area contributed by atoms with E-state index in [1.54, 1.807) is 0 Å². The Labute approximate surface area is 63.6 Å². The molecule has 5 nitrogen and oxygen atoms in total. The third-order valence-corrected chi connectivity index (χ3v) is 2.34. The minimum absolute atomic E-state index is 0.408. The summed E-state index contributed by atoms with van der Waals surface area (Å²) in [7, 11) is -3.50. The first-order chi connectivity index (χ1) is 4.48. The van der Waals surface area contributed by atoms with Crippen LogP contribution in [0, 0.1) is 0 Å². The molecule has 0 bridgehead atoms. The number of nitrogens with one attached hydrogen (secondary N) is 1. The van der Waals surface area contributed by atoms with E-state index in [2.05, 4.69) is 5.73 Å². The Balaban J connectivity index is 3.81. The summed E-state index contributed by atoms with van der Waals surface area (Å²) in [5.41, 5.74) is 4.65. The van der Waals surface area contributed by atoms with Crippen molar-refractivity contribution >= 4 is 27.5 Å². The Hall–Kier alpha value is -0.330. The summed E-state index contributed by atoms with van der Waals surface area (Å²) in [5, 5.41) is -0.569. The van der Waals surface area contributed by atoms with Gasteiger partial charge in [0, 0.05) is 0 Å². The van der Waals surface area contributed by atoms with Crippen LogP contribution in [0.3, 0.4) is 0 Å². The minimum atomic E-state index is -3.50. The summed E-state index contributed by atoms with van der Waals surface area (Å²) < 4.78 is 22.8. The van der Waals surface area contributed by atoms with E-state index >= 15 is 0 Å². The SMILES string of the molecule is NC(=O)CNS(=O)(=O)CCl. The average Bonchev–Trinajstić information content (AvgIpc) is 1.85. The van der Waals surface area contributed by atoms with Gasteiger partial charge in [-0.25, -0.2) is 13.1 Å². The number of sulfonamides is 1. The molecule has 60 valence electrons. The van der Waals surface area contributed by atoms with Gasteiger partial charge >= 0.3 is 0 Å². The number of halogens is 1. The Kier molecular flexibility index (Phi) is 3.62. The van der Waals surface area contributed by atoms with Gasteiger partial charge in [0.15, 0.2) is 0 Å². The van der Waals surface area contributed by atoms with Crippen LogP contribution in [0.15, 0.2) is 0 Å². The largest absolute Gasteiger partial charge is 0.369 e. The zero-order valence-electron chi connectivity index (χ0n) is 5.00. The first-order valence-corrected chi connectivity index (χ1v) is 4.48. The standard InChI is InChI=1S/C3H7ClN2O3S/c4-2-10(8,9)6-1-3(5)7/h6H,1-2H2,(H2,5,7). The van der Waals surface area contributed by atoms with E-state index in [0.717, 1.165) is 0 Å². The predicted molar refractivity (Wildman–Crippen MR) is 36.8 cm³/mol. The second-order valence-corrected chi connectivity index (χ2v) is 3.90. The molecule has 0 heterocycles. The van der Waals surface area contributed by atoms with Gasteiger partial charge in [-0.15, -0.1) is 11.6 Å².